The summed E-state index contributed by atoms with van der Waals surface area (Å²) in [6, 6.07) is 0. The first-order valence-electron chi connectivity index (χ1n) is 1.13. The molecule has 0 aromatic rings. The number of hydrogen-bond acceptors (Lipinski definition) is 19. The lowest BCUT2D eigenvalue weighted by Crippen LogP contribution is -1.81. The fourth-order valence-corrected chi connectivity index (χ4v) is 0. The van der Waals surface area contributed by atoms with E-state index >= 15 is 0 Å². The maximum atomic E-state index is 8.36. The van der Waals surface area contributed by atoms with Crippen molar-refractivity contribution in [2.45, 2.75) is 0 Å². The molecule has 0 amide bonds. The Morgan fingerprint density at radius 1 is 0.391 bits per heavy atom. The van der Waals surface area contributed by atoms with Gasteiger partial charge in [-0.15, -0.1) is 20.2 Å². The van der Waals surface area contributed by atoms with Crippen molar-refractivity contribution in [2.75, 3.05) is 0 Å². The molecule has 23 heavy (non-hydrogen) atoms. The highest BCUT2D eigenvalue weighted by Crippen LogP contribution is 1.38. The van der Waals surface area contributed by atoms with Gasteiger partial charge in [-0.2, -0.15) is 0 Å². The van der Waals surface area contributed by atoms with Crippen LogP contribution in [0.3, 0.4) is 0 Å². The molecule has 0 fully saturated rings. The number of nitrogens with zero attached hydrogens (tertiary/aromatic N) is 2. The first kappa shape index (κ1) is 565. The Morgan fingerprint density at radius 2 is 0.391 bits per heavy atom. The van der Waals surface area contributed by atoms with Gasteiger partial charge >= 0.3 is 0 Å². The molecule has 0 heterocycles. The zero-order chi connectivity index (χ0) is 7.15. The van der Waals surface area contributed by atoms with E-state index in [0.717, 1.165) is 0 Å². The van der Waals surface area contributed by atoms with Gasteiger partial charge in [0, 0.05) is 0 Å². The van der Waals surface area contributed by atoms with E-state index in [0.29, 0.717) is 0 Å². The van der Waals surface area contributed by atoms with E-state index in [1.54, 1.807) is 0 Å². The van der Waals surface area contributed by atoms with E-state index < -0.39 is 10.2 Å². The highest BCUT2D eigenvalue weighted by molar-refractivity contribution is 3.83. The molecule has 168 valence electrons. The molecule has 0 aromatic carbocycles. The maximum absolute atomic E-state index is 8.36. The van der Waals surface area contributed by atoms with Gasteiger partial charge in [-0.25, -0.2) is 0 Å². The molecule has 0 aromatic heterocycles. The van der Waals surface area contributed by atoms with Crippen molar-refractivity contribution in [3.05, 3.63) is 20.2 Å². The molecule has 0 saturated heterocycles. The van der Waals surface area contributed by atoms with Crippen LogP contribution in [-0.2, 0) is 0 Å². The van der Waals surface area contributed by atoms with E-state index in [4.69, 9.17) is 30.6 Å². The van der Waals surface area contributed by atoms with E-state index in [1.165, 1.54) is 0 Å². The zero-order valence-corrected chi connectivity index (χ0v) is 14.0. The number of rotatable bonds is 0. The summed E-state index contributed by atoms with van der Waals surface area (Å²) < 4.78 is 0. The SMILES string of the molecule is N.N.N.N.N.N.N.N.N.N.N.N.N.N.N.O=[N+]([O-])O.O=[N+]([O-])O. The summed E-state index contributed by atoms with van der Waals surface area (Å²) >= 11 is 0. The normalized spacial score (nSPS) is 2.09. The Kier molecular flexibility index (Phi) is 11900. The summed E-state index contributed by atoms with van der Waals surface area (Å²) in [5.74, 6) is 0. The summed E-state index contributed by atoms with van der Waals surface area (Å²) in [5, 5.41) is 27.3. The van der Waals surface area contributed by atoms with Gasteiger partial charge in [0.1, 0.15) is 0 Å². The van der Waals surface area contributed by atoms with Crippen LogP contribution in [-0.4, -0.2) is 20.6 Å². The summed E-state index contributed by atoms with van der Waals surface area (Å²) in [5.41, 5.74) is 0. The topological polar surface area (TPSA) is 652 Å². The largest absolute Gasteiger partial charge is 0.344 e. The van der Waals surface area contributed by atoms with Crippen molar-refractivity contribution in [3.63, 3.8) is 0 Å². The maximum Gasteiger partial charge on any atom is 0.291 e. The Hall–Kier alpha value is -2.20. The van der Waals surface area contributed by atoms with Crippen molar-refractivity contribution in [3.8, 4) is 0 Å². The van der Waals surface area contributed by atoms with Gasteiger partial charge in [-0.3, -0.25) is 0 Å². The Labute approximate surface area is 134 Å². The van der Waals surface area contributed by atoms with E-state index in [9.17, 15) is 0 Å². The molecule has 0 aliphatic rings. The van der Waals surface area contributed by atoms with Crippen molar-refractivity contribution < 1.29 is 20.6 Å². The van der Waals surface area contributed by atoms with E-state index in [-0.39, 0.29) is 92.3 Å². The third kappa shape index (κ3) is 1300. The second-order valence-electron chi connectivity index (χ2n) is 0.476. The fraction of sp³-hybridized carbons (Fsp3) is 0. The van der Waals surface area contributed by atoms with Gasteiger partial charge in [0.25, 0.3) is 10.2 Å². The first-order chi connectivity index (χ1) is 3.46. The Balaban J connectivity index is -0.00000000126. The summed E-state index contributed by atoms with van der Waals surface area (Å²) in [6.45, 7) is 0. The monoisotopic (exact) mass is 381 g/mol. The molecule has 23 heteroatoms. The van der Waals surface area contributed by atoms with Crippen LogP contribution in [0.2, 0.25) is 0 Å². The molecular formula is H47N17O6. The third-order valence-electron chi connectivity index (χ3n) is 0. The Morgan fingerprint density at radius 3 is 0.391 bits per heavy atom. The average Bonchev–Trinajstić information content (AvgIpc) is 1.25. The first-order valence-corrected chi connectivity index (χ1v) is 1.13. The van der Waals surface area contributed by atoms with E-state index in [1.807, 2.05) is 0 Å². The van der Waals surface area contributed by atoms with Crippen LogP contribution in [0.1, 0.15) is 0 Å². The lowest BCUT2D eigenvalue weighted by Gasteiger charge is -1.56. The van der Waals surface area contributed by atoms with Crippen LogP contribution in [0.25, 0.3) is 0 Å². The molecular weight excluding hydrogens is 334 g/mol. The highest BCUT2D eigenvalue weighted by Gasteiger charge is 1.65. The van der Waals surface area contributed by atoms with E-state index in [2.05, 4.69) is 0 Å². The Bertz CT molecular complexity index is 77.1. The molecule has 0 spiro atoms. The van der Waals surface area contributed by atoms with Crippen LogP contribution in [0.4, 0.5) is 0 Å². The minimum absolute atomic E-state index is 0. The minimum atomic E-state index is -1.50. The third-order valence-corrected chi connectivity index (χ3v) is 0. The van der Waals surface area contributed by atoms with Crippen molar-refractivity contribution in [1.29, 1.82) is 0 Å². The molecule has 0 saturated carbocycles. The van der Waals surface area contributed by atoms with Gasteiger partial charge in [0.05, 0.1) is 0 Å². The lowest BCUT2D eigenvalue weighted by molar-refractivity contribution is -0.742. The van der Waals surface area contributed by atoms with Crippen molar-refractivity contribution >= 4 is 0 Å². The standard InChI is InChI=1S/2HNO3.15H3N/c2*2-1(3)4;;;;;;;;;;;;;;;/h2*(H,2,3,4);15*1H3. The van der Waals surface area contributed by atoms with Crippen LogP contribution >= 0.6 is 0 Å². The molecule has 0 rings (SSSR count). The predicted molar refractivity (Wildman–Crippen MR) is 92.9 cm³/mol. The molecule has 0 aliphatic carbocycles. The smallest absolute Gasteiger partial charge is 0.291 e. The highest BCUT2D eigenvalue weighted by atomic mass is 16.9. The van der Waals surface area contributed by atoms with Gasteiger partial charge in [-0.05, 0) is 0 Å². The molecule has 47 N–H and O–H groups in total. The second-order valence-corrected chi connectivity index (χ2v) is 0.476. The summed E-state index contributed by atoms with van der Waals surface area (Å²) in [7, 11) is 0. The minimum Gasteiger partial charge on any atom is -0.344 e. The van der Waals surface area contributed by atoms with Crippen molar-refractivity contribution in [2.24, 2.45) is 0 Å². The van der Waals surface area contributed by atoms with Crippen molar-refractivity contribution in [1.82, 2.24) is 92.3 Å². The predicted octanol–water partition coefficient (Wildman–Crippen LogP) is 1.73. The van der Waals surface area contributed by atoms with Crippen LogP contribution in [0.15, 0.2) is 0 Å². The lowest BCUT2D eigenvalue weighted by atomic mass is 13.1. The van der Waals surface area contributed by atoms with Gasteiger partial charge in [0.2, 0.25) is 0 Å². The molecule has 0 aliphatic heterocycles. The molecule has 0 bridgehead atoms. The fourth-order valence-electron chi connectivity index (χ4n) is 0. The summed E-state index contributed by atoms with van der Waals surface area (Å²) in [4.78, 5) is 16.7. The quantitative estimate of drug-likeness (QED) is 0.209. The van der Waals surface area contributed by atoms with Gasteiger partial charge in [-0.1, -0.05) is 0 Å². The average molecular weight is 381 g/mol. The second kappa shape index (κ2) is 485. The molecule has 0 unspecified atom stereocenters. The summed E-state index contributed by atoms with van der Waals surface area (Å²) in [6.07, 6.45) is 0. The van der Waals surface area contributed by atoms with Gasteiger partial charge < -0.3 is 103 Å². The zero-order valence-electron chi connectivity index (χ0n) is 14.0. The van der Waals surface area contributed by atoms with Crippen LogP contribution < -0.4 is 92.3 Å². The van der Waals surface area contributed by atoms with Crippen LogP contribution in [0.5, 0.6) is 0 Å². The molecule has 23 nitrogen and oxygen atoms in total. The number of hydrogen-bond donors (Lipinski definition) is 17. The van der Waals surface area contributed by atoms with Gasteiger partial charge in [0.15, 0.2) is 0 Å². The molecule has 0 radical (unpaired) electrons. The molecule has 0 atom stereocenters. The van der Waals surface area contributed by atoms with Crippen LogP contribution in [0, 0.1) is 20.2 Å².